The maximum Gasteiger partial charge on any atom is 0.425 e. The predicted molar refractivity (Wildman–Crippen MR) is 63.1 cm³/mol. The van der Waals surface area contributed by atoms with E-state index in [1.807, 2.05) is 0 Å². The Morgan fingerprint density at radius 1 is 1.05 bits per heavy atom. The van der Waals surface area contributed by atoms with Gasteiger partial charge in [-0.05, 0) is 50.4 Å². The number of carboxylic acid groups (broad SMARTS) is 1. The highest BCUT2D eigenvalue weighted by Crippen LogP contribution is 2.70. The highest BCUT2D eigenvalue weighted by Gasteiger charge is 2.73. The summed E-state index contributed by atoms with van der Waals surface area (Å²) in [6.45, 7) is 0. The maximum absolute atomic E-state index is 14.4. The predicted octanol–water partition coefficient (Wildman–Crippen LogP) is 4.19. The summed E-state index contributed by atoms with van der Waals surface area (Å²) in [5.74, 6) is -6.56. The van der Waals surface area contributed by atoms with Crippen molar-refractivity contribution in [2.45, 2.75) is 56.8 Å². The molecule has 5 atom stereocenters. The van der Waals surface area contributed by atoms with Gasteiger partial charge in [-0.1, -0.05) is 0 Å². The number of aliphatic carboxylic acids is 1. The molecule has 4 aliphatic carbocycles. The summed E-state index contributed by atoms with van der Waals surface area (Å²) in [4.78, 5) is 11.5. The summed E-state index contributed by atoms with van der Waals surface area (Å²) >= 11 is 0. The van der Waals surface area contributed by atoms with E-state index in [9.17, 15) is 36.2 Å². The molecule has 3 unspecified atom stereocenters. The van der Waals surface area contributed by atoms with E-state index in [2.05, 4.69) is 0 Å². The molecule has 0 heterocycles. The molecule has 8 heteroatoms. The standard InChI is InChI=1S/C14H16F6O2/c15-9(14(18,19)20)13(16,17)12-4-7-1-8(5-12)3-11(2-7,6-12)10(21)22/h7-9H,1-6H2,(H,21,22)/t7-,8+,9?,11?,12?. The van der Waals surface area contributed by atoms with Crippen molar-refractivity contribution in [1.82, 2.24) is 0 Å². The van der Waals surface area contributed by atoms with Crippen molar-refractivity contribution >= 4 is 5.97 Å². The molecular weight excluding hydrogens is 314 g/mol. The van der Waals surface area contributed by atoms with Crippen LogP contribution >= 0.6 is 0 Å². The van der Waals surface area contributed by atoms with Crippen LogP contribution in [0.4, 0.5) is 26.3 Å². The van der Waals surface area contributed by atoms with Gasteiger partial charge in [-0.25, -0.2) is 13.2 Å². The van der Waals surface area contributed by atoms with E-state index in [1.165, 1.54) is 0 Å². The van der Waals surface area contributed by atoms with Crippen molar-refractivity contribution < 1.29 is 36.2 Å². The highest BCUT2D eigenvalue weighted by molar-refractivity contribution is 5.75. The zero-order valence-corrected chi connectivity index (χ0v) is 11.6. The normalized spacial score (nSPS) is 42.5. The quantitative estimate of drug-likeness (QED) is 0.788. The van der Waals surface area contributed by atoms with Crippen molar-refractivity contribution in [3.05, 3.63) is 0 Å². The van der Waals surface area contributed by atoms with Crippen molar-refractivity contribution in [2.75, 3.05) is 0 Å². The van der Waals surface area contributed by atoms with Crippen LogP contribution in [0.25, 0.3) is 0 Å². The second-order valence-electron chi connectivity index (χ2n) is 7.35. The highest BCUT2D eigenvalue weighted by atomic mass is 19.4. The van der Waals surface area contributed by atoms with Gasteiger partial charge in [-0.2, -0.15) is 13.2 Å². The first-order valence-electron chi connectivity index (χ1n) is 7.24. The lowest BCUT2D eigenvalue weighted by Gasteiger charge is -2.62. The van der Waals surface area contributed by atoms with E-state index in [0.29, 0.717) is 6.42 Å². The molecule has 0 saturated heterocycles. The largest absolute Gasteiger partial charge is 0.481 e. The van der Waals surface area contributed by atoms with Gasteiger partial charge < -0.3 is 5.11 Å². The summed E-state index contributed by atoms with van der Waals surface area (Å²) < 4.78 is 79.8. The van der Waals surface area contributed by atoms with Crippen LogP contribution in [0.5, 0.6) is 0 Å². The number of halogens is 6. The topological polar surface area (TPSA) is 37.3 Å². The Hall–Kier alpha value is -0.950. The van der Waals surface area contributed by atoms with Crippen LogP contribution < -0.4 is 0 Å². The first-order chi connectivity index (χ1) is 9.92. The van der Waals surface area contributed by atoms with Crippen molar-refractivity contribution in [1.29, 1.82) is 0 Å². The van der Waals surface area contributed by atoms with Crippen LogP contribution in [0.1, 0.15) is 38.5 Å². The lowest BCUT2D eigenvalue weighted by atomic mass is 9.42. The SMILES string of the molecule is O=C(O)C12C[C@H]3C[C@@H](C1)CC(C(F)(F)C(F)C(F)(F)F)(C3)C2. The van der Waals surface area contributed by atoms with Crippen LogP contribution in [0.3, 0.4) is 0 Å². The van der Waals surface area contributed by atoms with E-state index in [1.54, 1.807) is 0 Å². The molecular formula is C14H16F6O2. The molecule has 0 aromatic carbocycles. The molecule has 4 aliphatic rings. The van der Waals surface area contributed by atoms with Crippen molar-refractivity contribution in [3.63, 3.8) is 0 Å². The summed E-state index contributed by atoms with van der Waals surface area (Å²) in [6.07, 6.45) is -9.93. The minimum Gasteiger partial charge on any atom is -0.481 e. The number of rotatable bonds is 3. The third-order valence-corrected chi connectivity index (χ3v) is 5.83. The van der Waals surface area contributed by atoms with Gasteiger partial charge in [0, 0.05) is 5.41 Å². The average molecular weight is 330 g/mol. The molecule has 22 heavy (non-hydrogen) atoms. The van der Waals surface area contributed by atoms with Gasteiger partial charge in [0.1, 0.15) is 0 Å². The Labute approximate surface area is 122 Å². The molecule has 4 saturated carbocycles. The monoisotopic (exact) mass is 330 g/mol. The van der Waals surface area contributed by atoms with E-state index < -0.39 is 41.5 Å². The Kier molecular flexibility index (Phi) is 3.13. The molecule has 0 aromatic rings. The molecule has 0 aliphatic heterocycles. The first kappa shape index (κ1) is 15.9. The lowest BCUT2D eigenvalue weighted by molar-refractivity contribution is -0.306. The van der Waals surface area contributed by atoms with Gasteiger partial charge in [0.25, 0.3) is 12.1 Å². The van der Waals surface area contributed by atoms with Gasteiger partial charge in [0.05, 0.1) is 5.41 Å². The molecule has 4 rings (SSSR count). The summed E-state index contributed by atoms with van der Waals surface area (Å²) in [6, 6.07) is 0. The van der Waals surface area contributed by atoms with Gasteiger partial charge in [0.2, 0.25) is 0 Å². The molecule has 2 nitrogen and oxygen atoms in total. The van der Waals surface area contributed by atoms with E-state index in [-0.39, 0.29) is 37.5 Å². The maximum atomic E-state index is 14.4. The van der Waals surface area contributed by atoms with E-state index in [0.717, 1.165) is 0 Å². The first-order valence-corrected chi connectivity index (χ1v) is 7.24. The summed E-state index contributed by atoms with van der Waals surface area (Å²) in [5, 5.41) is 9.40. The second-order valence-corrected chi connectivity index (χ2v) is 7.35. The zero-order chi connectivity index (χ0) is 16.6. The average Bonchev–Trinajstić information content (AvgIpc) is 2.34. The number of alkyl halides is 6. The Bertz CT molecular complexity index is 486. The third-order valence-electron chi connectivity index (χ3n) is 5.83. The lowest BCUT2D eigenvalue weighted by Crippen LogP contribution is -2.64. The Morgan fingerprint density at radius 3 is 1.95 bits per heavy atom. The van der Waals surface area contributed by atoms with Crippen LogP contribution in [0, 0.1) is 22.7 Å². The fraction of sp³-hybridized carbons (Fsp3) is 0.929. The molecule has 0 amide bonds. The number of hydrogen-bond acceptors (Lipinski definition) is 1. The number of hydrogen-bond donors (Lipinski definition) is 1. The molecule has 0 spiro atoms. The molecule has 1 N–H and O–H groups in total. The summed E-state index contributed by atoms with van der Waals surface area (Å²) in [7, 11) is 0. The number of carbonyl (C=O) groups is 1. The minimum absolute atomic E-state index is 0.208. The van der Waals surface area contributed by atoms with Crippen LogP contribution in [0.2, 0.25) is 0 Å². The van der Waals surface area contributed by atoms with E-state index >= 15 is 0 Å². The van der Waals surface area contributed by atoms with E-state index in [4.69, 9.17) is 0 Å². The third kappa shape index (κ3) is 1.98. The van der Waals surface area contributed by atoms with Gasteiger partial charge in [-0.3, -0.25) is 4.79 Å². The zero-order valence-electron chi connectivity index (χ0n) is 11.6. The Balaban J connectivity index is 2.01. The van der Waals surface area contributed by atoms with Crippen LogP contribution in [-0.2, 0) is 4.79 Å². The molecule has 126 valence electrons. The molecule has 0 radical (unpaired) electrons. The number of carboxylic acids is 1. The van der Waals surface area contributed by atoms with Crippen molar-refractivity contribution in [3.8, 4) is 0 Å². The van der Waals surface area contributed by atoms with Gasteiger partial charge in [0.15, 0.2) is 0 Å². The van der Waals surface area contributed by atoms with Crippen LogP contribution in [0.15, 0.2) is 0 Å². The second kappa shape index (κ2) is 4.32. The van der Waals surface area contributed by atoms with Crippen LogP contribution in [-0.4, -0.2) is 29.3 Å². The summed E-state index contributed by atoms with van der Waals surface area (Å²) in [5.41, 5.74) is -3.61. The minimum atomic E-state index is -5.65. The van der Waals surface area contributed by atoms with Gasteiger partial charge in [-0.15, -0.1) is 0 Å². The molecule has 0 aromatic heterocycles. The molecule has 4 fully saturated rings. The fourth-order valence-corrected chi connectivity index (χ4v) is 5.38. The smallest absolute Gasteiger partial charge is 0.425 e. The van der Waals surface area contributed by atoms with Crippen molar-refractivity contribution in [2.24, 2.45) is 22.7 Å². The van der Waals surface area contributed by atoms with Gasteiger partial charge >= 0.3 is 12.1 Å². The fourth-order valence-electron chi connectivity index (χ4n) is 5.38. The molecule has 4 bridgehead atoms. The Morgan fingerprint density at radius 2 is 1.55 bits per heavy atom.